The van der Waals surface area contributed by atoms with Crippen LogP contribution in [0.25, 0.3) is 0 Å². The van der Waals surface area contributed by atoms with Gasteiger partial charge in [0.05, 0.1) is 0 Å². The molecule has 1 heterocycles. The highest BCUT2D eigenvalue weighted by atomic mass is 35.5. The Morgan fingerprint density at radius 1 is 1.45 bits per heavy atom. The molecule has 0 radical (unpaired) electrons. The van der Waals surface area contributed by atoms with Gasteiger partial charge in [-0.3, -0.25) is 9.69 Å². The lowest BCUT2D eigenvalue weighted by molar-refractivity contribution is -0.138. The molecule has 0 aliphatic carbocycles. The van der Waals surface area contributed by atoms with E-state index in [1.165, 1.54) is 5.56 Å². The summed E-state index contributed by atoms with van der Waals surface area (Å²) in [6, 6.07) is 8.38. The van der Waals surface area contributed by atoms with E-state index in [-0.39, 0.29) is 12.3 Å². The number of benzene rings is 1. The van der Waals surface area contributed by atoms with Crippen LogP contribution in [0.1, 0.15) is 44.2 Å². The number of nitrogens with zero attached hydrogens (tertiary/aromatic N) is 1. The lowest BCUT2D eigenvalue weighted by Crippen LogP contribution is -2.38. The number of halogens is 1. The monoisotopic (exact) mass is 295 g/mol. The van der Waals surface area contributed by atoms with Gasteiger partial charge in [-0.15, -0.1) is 0 Å². The van der Waals surface area contributed by atoms with Crippen molar-refractivity contribution in [3.05, 3.63) is 34.9 Å². The van der Waals surface area contributed by atoms with Gasteiger partial charge in [0.1, 0.15) is 0 Å². The average Bonchev–Trinajstić information content (AvgIpc) is 2.41. The molecule has 0 amide bonds. The summed E-state index contributed by atoms with van der Waals surface area (Å²) in [4.78, 5) is 13.3. The molecule has 1 saturated heterocycles. The molecule has 1 aliphatic rings. The molecular formula is C16H22ClNO2. The van der Waals surface area contributed by atoms with Crippen LogP contribution >= 0.6 is 11.6 Å². The summed E-state index contributed by atoms with van der Waals surface area (Å²) in [6.07, 6.45) is 3.43. The Morgan fingerprint density at radius 2 is 2.15 bits per heavy atom. The van der Waals surface area contributed by atoms with Crippen LogP contribution in [0.4, 0.5) is 0 Å². The van der Waals surface area contributed by atoms with Crippen molar-refractivity contribution < 1.29 is 9.90 Å². The molecule has 1 N–H and O–H groups in total. The van der Waals surface area contributed by atoms with Gasteiger partial charge in [-0.2, -0.15) is 0 Å². The number of likely N-dealkylation sites (tertiary alicyclic amines) is 1. The zero-order valence-corrected chi connectivity index (χ0v) is 12.6. The number of hydrogen-bond acceptors (Lipinski definition) is 2. The molecular weight excluding hydrogens is 274 g/mol. The maximum Gasteiger partial charge on any atom is 0.303 e. The van der Waals surface area contributed by atoms with Gasteiger partial charge in [0, 0.05) is 24.0 Å². The van der Waals surface area contributed by atoms with Crippen LogP contribution in [0.15, 0.2) is 24.3 Å². The van der Waals surface area contributed by atoms with Gasteiger partial charge in [-0.25, -0.2) is 0 Å². The van der Waals surface area contributed by atoms with E-state index in [1.807, 2.05) is 12.1 Å². The Morgan fingerprint density at radius 3 is 2.75 bits per heavy atom. The number of rotatable bonds is 5. The van der Waals surface area contributed by atoms with E-state index in [4.69, 9.17) is 16.7 Å². The lowest BCUT2D eigenvalue weighted by atomic mass is 9.92. The summed E-state index contributed by atoms with van der Waals surface area (Å²) < 4.78 is 0. The largest absolute Gasteiger partial charge is 0.481 e. The number of carboxylic acids is 1. The van der Waals surface area contributed by atoms with Crippen LogP contribution in [-0.4, -0.2) is 29.1 Å². The zero-order valence-electron chi connectivity index (χ0n) is 11.9. The highest BCUT2D eigenvalue weighted by Crippen LogP contribution is 2.30. The highest BCUT2D eigenvalue weighted by molar-refractivity contribution is 6.30. The normalized spacial score (nSPS) is 21.6. The number of carboxylic acid groups (broad SMARTS) is 1. The van der Waals surface area contributed by atoms with E-state index in [1.54, 1.807) is 0 Å². The highest BCUT2D eigenvalue weighted by Gasteiger charge is 2.27. The Hall–Kier alpha value is -1.06. The minimum absolute atomic E-state index is 0.280. The van der Waals surface area contributed by atoms with Gasteiger partial charge in [-0.1, -0.05) is 30.7 Å². The Bertz CT molecular complexity index is 446. The maximum absolute atomic E-state index is 10.9. The molecule has 0 spiro atoms. The van der Waals surface area contributed by atoms with Crippen molar-refractivity contribution >= 4 is 17.6 Å². The standard InChI is InChI=1S/C16H22ClNO2/c1-2-15(13-5-7-14(17)8-6-13)18-9-3-4-12(11-18)10-16(19)20/h5-8,12,15H,2-4,9-11H2,1H3,(H,19,20). The second kappa shape index (κ2) is 7.09. The topological polar surface area (TPSA) is 40.5 Å². The van der Waals surface area contributed by atoms with Gasteiger partial charge in [0.15, 0.2) is 0 Å². The quantitative estimate of drug-likeness (QED) is 0.893. The van der Waals surface area contributed by atoms with Gasteiger partial charge in [0.2, 0.25) is 0 Å². The van der Waals surface area contributed by atoms with Crippen LogP contribution in [0, 0.1) is 5.92 Å². The van der Waals surface area contributed by atoms with Crippen LogP contribution in [-0.2, 0) is 4.79 Å². The molecule has 2 rings (SSSR count). The molecule has 1 fully saturated rings. The van der Waals surface area contributed by atoms with E-state index in [9.17, 15) is 4.79 Å². The van der Waals surface area contributed by atoms with Crippen molar-refractivity contribution in [2.75, 3.05) is 13.1 Å². The molecule has 0 bridgehead atoms. The molecule has 20 heavy (non-hydrogen) atoms. The maximum atomic E-state index is 10.9. The number of hydrogen-bond donors (Lipinski definition) is 1. The predicted molar refractivity (Wildman–Crippen MR) is 81.0 cm³/mol. The van der Waals surface area contributed by atoms with Crippen LogP contribution in [0.5, 0.6) is 0 Å². The predicted octanol–water partition coefficient (Wildman–Crippen LogP) is 3.98. The fourth-order valence-corrected chi connectivity index (χ4v) is 3.31. The first kappa shape index (κ1) is 15.3. The van der Waals surface area contributed by atoms with Gasteiger partial charge < -0.3 is 5.11 Å². The number of aliphatic carboxylic acids is 1. The molecule has 0 aromatic heterocycles. The van der Waals surface area contributed by atoms with Gasteiger partial charge >= 0.3 is 5.97 Å². The summed E-state index contributed by atoms with van der Waals surface area (Å²) in [5.41, 5.74) is 1.27. The van der Waals surface area contributed by atoms with Crippen molar-refractivity contribution in [1.82, 2.24) is 4.90 Å². The first-order valence-corrected chi connectivity index (χ1v) is 7.69. The summed E-state index contributed by atoms with van der Waals surface area (Å²) in [6.45, 7) is 4.12. The Labute approximate surface area is 125 Å². The Balaban J connectivity index is 2.06. The summed E-state index contributed by atoms with van der Waals surface area (Å²) in [5, 5.41) is 9.72. The first-order chi connectivity index (χ1) is 9.60. The number of piperidine rings is 1. The summed E-state index contributed by atoms with van der Waals surface area (Å²) in [5.74, 6) is -0.404. The molecule has 0 saturated carbocycles. The third-order valence-electron chi connectivity index (χ3n) is 4.10. The molecule has 2 atom stereocenters. The minimum Gasteiger partial charge on any atom is -0.481 e. The minimum atomic E-state index is -0.684. The fraction of sp³-hybridized carbons (Fsp3) is 0.562. The molecule has 4 heteroatoms. The van der Waals surface area contributed by atoms with E-state index in [0.29, 0.717) is 6.04 Å². The average molecular weight is 296 g/mol. The zero-order chi connectivity index (χ0) is 14.5. The third kappa shape index (κ3) is 3.97. The van der Waals surface area contributed by atoms with Crippen LogP contribution in [0.3, 0.4) is 0 Å². The van der Waals surface area contributed by atoms with Crippen LogP contribution < -0.4 is 0 Å². The van der Waals surface area contributed by atoms with E-state index in [2.05, 4.69) is 24.0 Å². The van der Waals surface area contributed by atoms with Gasteiger partial charge in [0.25, 0.3) is 0 Å². The van der Waals surface area contributed by atoms with Crippen molar-refractivity contribution in [2.24, 2.45) is 5.92 Å². The lowest BCUT2D eigenvalue weighted by Gasteiger charge is -2.38. The molecule has 1 aromatic carbocycles. The van der Waals surface area contributed by atoms with E-state index < -0.39 is 5.97 Å². The van der Waals surface area contributed by atoms with Gasteiger partial charge in [-0.05, 0) is 49.4 Å². The van der Waals surface area contributed by atoms with Crippen molar-refractivity contribution in [3.63, 3.8) is 0 Å². The second-order valence-electron chi connectivity index (χ2n) is 5.58. The molecule has 1 aliphatic heterocycles. The Kier molecular flexibility index (Phi) is 5.44. The van der Waals surface area contributed by atoms with E-state index >= 15 is 0 Å². The summed E-state index contributed by atoms with van der Waals surface area (Å²) >= 11 is 5.95. The smallest absolute Gasteiger partial charge is 0.303 e. The SMILES string of the molecule is CCC(c1ccc(Cl)cc1)N1CCCC(CC(=O)O)C1. The van der Waals surface area contributed by atoms with Crippen molar-refractivity contribution in [3.8, 4) is 0 Å². The molecule has 3 nitrogen and oxygen atoms in total. The van der Waals surface area contributed by atoms with E-state index in [0.717, 1.165) is 37.4 Å². The second-order valence-corrected chi connectivity index (χ2v) is 6.01. The third-order valence-corrected chi connectivity index (χ3v) is 4.35. The fourth-order valence-electron chi connectivity index (χ4n) is 3.18. The molecule has 110 valence electrons. The summed E-state index contributed by atoms with van der Waals surface area (Å²) in [7, 11) is 0. The van der Waals surface area contributed by atoms with Crippen LogP contribution in [0.2, 0.25) is 5.02 Å². The molecule has 2 unspecified atom stereocenters. The molecule has 1 aromatic rings. The van der Waals surface area contributed by atoms with Crippen molar-refractivity contribution in [1.29, 1.82) is 0 Å². The first-order valence-electron chi connectivity index (χ1n) is 7.31. The number of carbonyl (C=O) groups is 1. The van der Waals surface area contributed by atoms with Crippen molar-refractivity contribution in [2.45, 2.75) is 38.6 Å².